The Morgan fingerprint density at radius 3 is 2.71 bits per heavy atom. The fourth-order valence-electron chi connectivity index (χ4n) is 4.41. The first-order valence-corrected chi connectivity index (χ1v) is 8.75. The Bertz CT molecular complexity index is 825. The van der Waals surface area contributed by atoms with Crippen molar-refractivity contribution in [2.75, 3.05) is 0 Å². The maximum atomic E-state index is 12.6. The van der Waals surface area contributed by atoms with Gasteiger partial charge in [0, 0.05) is 23.3 Å². The molecule has 0 spiro atoms. The molecule has 0 aliphatic heterocycles. The molecule has 3 nitrogen and oxygen atoms in total. The van der Waals surface area contributed by atoms with Crippen LogP contribution in [0.5, 0.6) is 0 Å². The third kappa shape index (κ3) is 2.18. The Balaban J connectivity index is 1.95. The van der Waals surface area contributed by atoms with Crippen molar-refractivity contribution in [2.45, 2.75) is 46.5 Å². The van der Waals surface area contributed by atoms with E-state index >= 15 is 0 Å². The number of hydrogen-bond acceptors (Lipinski definition) is 3. The Labute approximate surface area is 142 Å². The highest BCUT2D eigenvalue weighted by molar-refractivity contribution is 6.09. The van der Waals surface area contributed by atoms with E-state index in [1.807, 2.05) is 6.07 Å². The lowest BCUT2D eigenvalue weighted by molar-refractivity contribution is -0.128. The fourth-order valence-corrected chi connectivity index (χ4v) is 4.41. The molecule has 2 aliphatic rings. The number of fused-ring (bicyclic) bond motifs is 2. The van der Waals surface area contributed by atoms with Crippen molar-refractivity contribution in [2.24, 2.45) is 16.3 Å². The molecule has 1 fully saturated rings. The van der Waals surface area contributed by atoms with Gasteiger partial charge in [0.1, 0.15) is 5.78 Å². The summed E-state index contributed by atoms with van der Waals surface area (Å²) in [6.07, 6.45) is 5.15. The van der Waals surface area contributed by atoms with Crippen LogP contribution in [0.25, 0.3) is 0 Å². The first kappa shape index (κ1) is 15.4. The van der Waals surface area contributed by atoms with Gasteiger partial charge in [-0.1, -0.05) is 25.1 Å². The number of aryl methyl sites for hydroxylation is 2. The molecule has 24 heavy (non-hydrogen) atoms. The molecule has 0 unspecified atom stereocenters. The molecule has 2 atom stereocenters. The Morgan fingerprint density at radius 1 is 1.21 bits per heavy atom. The van der Waals surface area contributed by atoms with E-state index in [4.69, 9.17) is 9.41 Å². The second kappa shape index (κ2) is 5.44. The van der Waals surface area contributed by atoms with Crippen LogP contribution in [0, 0.1) is 25.2 Å². The maximum Gasteiger partial charge on any atom is 0.151 e. The number of para-hydroxylation sites is 1. The topological polar surface area (TPSA) is 42.6 Å². The van der Waals surface area contributed by atoms with Gasteiger partial charge in [-0.3, -0.25) is 4.79 Å². The summed E-state index contributed by atoms with van der Waals surface area (Å²) < 4.78 is 5.83. The van der Waals surface area contributed by atoms with E-state index in [0.717, 1.165) is 53.1 Å². The SMILES string of the molecule is Cc1cccc(C)c1N=C1c2occc2C[C@@H]2C(=O)CCC[C@@]12C. The highest BCUT2D eigenvalue weighted by atomic mass is 16.3. The molecule has 124 valence electrons. The molecule has 1 heterocycles. The summed E-state index contributed by atoms with van der Waals surface area (Å²) in [5.41, 5.74) is 5.18. The number of carbonyl (C=O) groups is 1. The van der Waals surface area contributed by atoms with Crippen molar-refractivity contribution >= 4 is 17.2 Å². The maximum absolute atomic E-state index is 12.6. The number of benzene rings is 1. The van der Waals surface area contributed by atoms with E-state index < -0.39 is 0 Å². The van der Waals surface area contributed by atoms with Crippen LogP contribution >= 0.6 is 0 Å². The summed E-state index contributed by atoms with van der Waals surface area (Å²) in [7, 11) is 0. The van der Waals surface area contributed by atoms with Gasteiger partial charge >= 0.3 is 0 Å². The molecule has 0 amide bonds. The third-order valence-electron chi connectivity index (χ3n) is 5.87. The van der Waals surface area contributed by atoms with Crippen LogP contribution in [-0.2, 0) is 11.2 Å². The van der Waals surface area contributed by atoms with Crippen molar-refractivity contribution in [3.63, 3.8) is 0 Å². The van der Waals surface area contributed by atoms with E-state index in [9.17, 15) is 4.79 Å². The molecule has 0 radical (unpaired) electrons. The first-order valence-electron chi connectivity index (χ1n) is 8.75. The lowest BCUT2D eigenvalue weighted by Crippen LogP contribution is -2.47. The summed E-state index contributed by atoms with van der Waals surface area (Å²) in [6, 6.07) is 8.23. The van der Waals surface area contributed by atoms with Crippen LogP contribution in [-0.4, -0.2) is 11.5 Å². The van der Waals surface area contributed by atoms with Gasteiger partial charge in [-0.05, 0) is 50.3 Å². The highest BCUT2D eigenvalue weighted by Crippen LogP contribution is 2.48. The Morgan fingerprint density at radius 2 is 1.96 bits per heavy atom. The van der Waals surface area contributed by atoms with Gasteiger partial charge in [-0.2, -0.15) is 0 Å². The van der Waals surface area contributed by atoms with Gasteiger partial charge in [0.15, 0.2) is 5.76 Å². The van der Waals surface area contributed by atoms with Gasteiger partial charge in [0.25, 0.3) is 0 Å². The summed E-state index contributed by atoms with van der Waals surface area (Å²) in [5.74, 6) is 1.29. The minimum absolute atomic E-state index is 0.0272. The van der Waals surface area contributed by atoms with Crippen LogP contribution in [0.3, 0.4) is 0 Å². The number of aliphatic imine (C=N–C) groups is 1. The molecule has 2 aromatic rings. The predicted molar refractivity (Wildman–Crippen MR) is 95.0 cm³/mol. The number of nitrogens with zero attached hydrogens (tertiary/aromatic N) is 1. The molecule has 2 aliphatic carbocycles. The molecular weight excluding hydrogens is 298 g/mol. The van der Waals surface area contributed by atoms with E-state index in [1.54, 1.807) is 6.26 Å². The molecule has 1 saturated carbocycles. The average molecular weight is 321 g/mol. The van der Waals surface area contributed by atoms with Gasteiger partial charge in [-0.15, -0.1) is 0 Å². The quantitative estimate of drug-likeness (QED) is 0.746. The smallest absolute Gasteiger partial charge is 0.151 e. The van der Waals surface area contributed by atoms with Crippen molar-refractivity contribution in [3.8, 4) is 0 Å². The number of hydrogen-bond donors (Lipinski definition) is 0. The van der Waals surface area contributed by atoms with Crippen LogP contribution in [0.2, 0.25) is 0 Å². The van der Waals surface area contributed by atoms with Crippen LogP contribution < -0.4 is 0 Å². The molecule has 4 rings (SSSR count). The summed E-state index contributed by atoms with van der Waals surface area (Å²) in [4.78, 5) is 17.7. The van der Waals surface area contributed by atoms with Crippen LogP contribution in [0.1, 0.15) is 48.6 Å². The third-order valence-corrected chi connectivity index (χ3v) is 5.87. The number of furan rings is 1. The van der Waals surface area contributed by atoms with E-state index in [-0.39, 0.29) is 11.3 Å². The summed E-state index contributed by atoms with van der Waals surface area (Å²) in [5, 5.41) is 0. The largest absolute Gasteiger partial charge is 0.463 e. The van der Waals surface area contributed by atoms with E-state index in [2.05, 4.69) is 39.0 Å². The molecule has 1 aromatic carbocycles. The lowest BCUT2D eigenvalue weighted by atomic mass is 9.59. The van der Waals surface area contributed by atoms with Crippen molar-refractivity contribution in [1.29, 1.82) is 0 Å². The van der Waals surface area contributed by atoms with Crippen molar-refractivity contribution < 1.29 is 9.21 Å². The molecule has 0 N–H and O–H groups in total. The van der Waals surface area contributed by atoms with E-state index in [1.165, 1.54) is 0 Å². The van der Waals surface area contributed by atoms with Gasteiger partial charge < -0.3 is 4.42 Å². The normalized spacial score (nSPS) is 27.9. The number of carbonyl (C=O) groups excluding carboxylic acids is 1. The van der Waals surface area contributed by atoms with Gasteiger partial charge in [0.05, 0.1) is 17.7 Å². The zero-order valence-corrected chi connectivity index (χ0v) is 14.6. The zero-order chi connectivity index (χ0) is 16.9. The molecule has 0 bridgehead atoms. The minimum atomic E-state index is -0.227. The van der Waals surface area contributed by atoms with Crippen molar-refractivity contribution in [1.82, 2.24) is 0 Å². The van der Waals surface area contributed by atoms with Gasteiger partial charge in [-0.25, -0.2) is 4.99 Å². The zero-order valence-electron chi connectivity index (χ0n) is 14.6. The Kier molecular flexibility index (Phi) is 3.48. The van der Waals surface area contributed by atoms with Crippen LogP contribution in [0.15, 0.2) is 39.9 Å². The lowest BCUT2D eigenvalue weighted by Gasteiger charge is -2.43. The average Bonchev–Trinajstić information content (AvgIpc) is 2.99. The van der Waals surface area contributed by atoms with Crippen LogP contribution in [0.4, 0.5) is 5.69 Å². The van der Waals surface area contributed by atoms with E-state index in [0.29, 0.717) is 12.2 Å². The highest BCUT2D eigenvalue weighted by Gasteiger charge is 2.50. The second-order valence-corrected chi connectivity index (χ2v) is 7.47. The predicted octanol–water partition coefficient (Wildman–Crippen LogP) is 4.95. The molecule has 3 heteroatoms. The standard InChI is InChI=1S/C21H23NO2/c1-13-6-4-7-14(2)18(13)22-20-19-15(9-11-24-19)12-16-17(23)8-5-10-21(16,20)3/h4,6-7,9,11,16H,5,8,10,12H2,1-3H3/t16-,21-/m1/s1. The molecular formula is C21H23NO2. The molecule has 1 aromatic heterocycles. The fraction of sp³-hybridized carbons (Fsp3) is 0.429. The summed E-state index contributed by atoms with van der Waals surface area (Å²) in [6.45, 7) is 6.38. The number of Topliss-reactive ketones (excluding diaryl/α,β-unsaturated/α-hetero) is 1. The Hall–Kier alpha value is -2.16. The van der Waals surface area contributed by atoms with Gasteiger partial charge in [0.2, 0.25) is 0 Å². The monoisotopic (exact) mass is 321 g/mol. The summed E-state index contributed by atoms with van der Waals surface area (Å²) >= 11 is 0. The van der Waals surface area contributed by atoms with Crippen molar-refractivity contribution in [3.05, 3.63) is 53.0 Å². The first-order chi connectivity index (χ1) is 11.5. The number of ketones is 1. The number of rotatable bonds is 1. The minimum Gasteiger partial charge on any atom is -0.463 e. The second-order valence-electron chi connectivity index (χ2n) is 7.47. The molecule has 0 saturated heterocycles.